The van der Waals surface area contributed by atoms with E-state index in [4.69, 9.17) is 11.6 Å². The number of nitriles is 1. The van der Waals surface area contributed by atoms with Gasteiger partial charge in [0, 0.05) is 10.4 Å². The molecule has 0 atom stereocenters. The lowest BCUT2D eigenvalue weighted by Crippen LogP contribution is -1.98. The summed E-state index contributed by atoms with van der Waals surface area (Å²) in [6.45, 7) is 1.70. The zero-order chi connectivity index (χ0) is 18.3. The molecule has 0 amide bonds. The molecule has 0 radical (unpaired) electrons. The molecule has 0 spiro atoms. The molecule has 3 nitrogen and oxygen atoms in total. The van der Waals surface area contributed by atoms with Crippen LogP contribution in [0.15, 0.2) is 60.7 Å². The van der Waals surface area contributed by atoms with Gasteiger partial charge in [0.15, 0.2) is 5.69 Å². The van der Waals surface area contributed by atoms with Crippen LogP contribution in [-0.4, -0.2) is 9.78 Å². The molecule has 4 aromatic rings. The molecule has 3 aromatic carbocycles. The van der Waals surface area contributed by atoms with Crippen molar-refractivity contribution in [3.8, 4) is 22.9 Å². The van der Waals surface area contributed by atoms with Gasteiger partial charge in [-0.1, -0.05) is 29.8 Å². The third kappa shape index (κ3) is 2.73. The summed E-state index contributed by atoms with van der Waals surface area (Å²) in [7, 11) is 0. The standard InChI is InChI=1S/C21H13ClFN3/c1-13-9-17(6-7-19(13)23)26-21-8-5-15(11-18(21)20(12-24)25-26)14-3-2-4-16(22)10-14/h2-11H,1H3. The Morgan fingerprint density at radius 1 is 1.04 bits per heavy atom. The lowest BCUT2D eigenvalue weighted by atomic mass is 10.0. The van der Waals surface area contributed by atoms with E-state index in [-0.39, 0.29) is 5.82 Å². The number of nitrogens with zero attached hydrogens (tertiary/aromatic N) is 3. The van der Waals surface area contributed by atoms with E-state index in [2.05, 4.69) is 11.2 Å². The van der Waals surface area contributed by atoms with E-state index < -0.39 is 0 Å². The number of halogens is 2. The molecule has 0 aliphatic carbocycles. The number of fused-ring (bicyclic) bond motifs is 1. The SMILES string of the molecule is Cc1cc(-n2nc(C#N)c3cc(-c4cccc(Cl)c4)ccc32)ccc1F. The number of rotatable bonds is 2. The Morgan fingerprint density at radius 2 is 1.85 bits per heavy atom. The van der Waals surface area contributed by atoms with E-state index in [0.717, 1.165) is 22.0 Å². The second kappa shape index (κ2) is 6.29. The minimum absolute atomic E-state index is 0.269. The summed E-state index contributed by atoms with van der Waals surface area (Å²) in [6.07, 6.45) is 0. The van der Waals surface area contributed by atoms with Gasteiger partial charge < -0.3 is 0 Å². The fourth-order valence-corrected chi connectivity index (χ4v) is 3.20. The first-order valence-corrected chi connectivity index (χ1v) is 8.40. The predicted octanol–water partition coefficient (Wildman–Crippen LogP) is 5.67. The summed E-state index contributed by atoms with van der Waals surface area (Å²) in [5, 5.41) is 15.3. The van der Waals surface area contributed by atoms with E-state index in [9.17, 15) is 9.65 Å². The van der Waals surface area contributed by atoms with Crippen LogP contribution in [0, 0.1) is 24.1 Å². The van der Waals surface area contributed by atoms with Gasteiger partial charge in [0.25, 0.3) is 0 Å². The topological polar surface area (TPSA) is 41.6 Å². The molecule has 0 fully saturated rings. The maximum Gasteiger partial charge on any atom is 0.170 e. The molecule has 126 valence electrons. The first kappa shape index (κ1) is 16.3. The molecule has 0 saturated heterocycles. The summed E-state index contributed by atoms with van der Waals surface area (Å²) in [5.41, 5.74) is 4.27. The van der Waals surface area contributed by atoms with E-state index >= 15 is 0 Å². The fraction of sp³-hybridized carbons (Fsp3) is 0.0476. The van der Waals surface area contributed by atoms with Gasteiger partial charge in [-0.2, -0.15) is 10.4 Å². The van der Waals surface area contributed by atoms with E-state index in [1.165, 1.54) is 6.07 Å². The smallest absolute Gasteiger partial charge is 0.170 e. The van der Waals surface area contributed by atoms with Gasteiger partial charge in [-0.15, -0.1) is 0 Å². The fourth-order valence-electron chi connectivity index (χ4n) is 3.01. The highest BCUT2D eigenvalue weighted by Crippen LogP contribution is 2.29. The van der Waals surface area contributed by atoms with Crippen molar-refractivity contribution < 1.29 is 4.39 Å². The minimum atomic E-state index is -0.269. The third-order valence-corrected chi connectivity index (χ3v) is 4.56. The van der Waals surface area contributed by atoms with Crippen LogP contribution >= 0.6 is 11.6 Å². The average molecular weight is 362 g/mol. The lowest BCUT2D eigenvalue weighted by Gasteiger charge is -2.06. The van der Waals surface area contributed by atoms with E-state index in [1.54, 1.807) is 23.7 Å². The molecule has 0 N–H and O–H groups in total. The molecule has 0 aliphatic rings. The summed E-state index contributed by atoms with van der Waals surface area (Å²) in [6, 6.07) is 20.3. The number of aryl methyl sites for hydroxylation is 1. The van der Waals surface area contributed by atoms with Crippen molar-refractivity contribution in [2.75, 3.05) is 0 Å². The van der Waals surface area contributed by atoms with Crippen LogP contribution in [-0.2, 0) is 0 Å². The van der Waals surface area contributed by atoms with E-state index in [0.29, 0.717) is 22.0 Å². The zero-order valence-electron chi connectivity index (χ0n) is 13.9. The molecule has 0 aliphatic heterocycles. The van der Waals surface area contributed by atoms with Crippen molar-refractivity contribution in [2.24, 2.45) is 0 Å². The van der Waals surface area contributed by atoms with Crippen molar-refractivity contribution in [3.05, 3.63) is 82.8 Å². The zero-order valence-corrected chi connectivity index (χ0v) is 14.6. The van der Waals surface area contributed by atoms with Gasteiger partial charge in [-0.3, -0.25) is 0 Å². The quantitative estimate of drug-likeness (QED) is 0.462. The number of aromatic nitrogens is 2. The molecule has 0 unspecified atom stereocenters. The molecular formula is C21H13ClFN3. The maximum absolute atomic E-state index is 13.6. The Morgan fingerprint density at radius 3 is 2.58 bits per heavy atom. The Hall–Kier alpha value is -3.16. The van der Waals surface area contributed by atoms with Crippen LogP contribution in [0.5, 0.6) is 0 Å². The van der Waals surface area contributed by atoms with Crippen molar-refractivity contribution >= 4 is 22.5 Å². The van der Waals surface area contributed by atoms with Gasteiger partial charge in [0.05, 0.1) is 11.2 Å². The van der Waals surface area contributed by atoms with Gasteiger partial charge in [-0.25, -0.2) is 9.07 Å². The highest BCUT2D eigenvalue weighted by molar-refractivity contribution is 6.30. The molecule has 0 saturated carbocycles. The predicted molar refractivity (Wildman–Crippen MR) is 101 cm³/mol. The molecule has 26 heavy (non-hydrogen) atoms. The minimum Gasteiger partial charge on any atom is -0.232 e. The van der Waals surface area contributed by atoms with Gasteiger partial charge >= 0.3 is 0 Å². The Bertz CT molecular complexity index is 1190. The molecule has 0 bridgehead atoms. The van der Waals surface area contributed by atoms with Crippen molar-refractivity contribution in [2.45, 2.75) is 6.92 Å². The monoisotopic (exact) mass is 361 g/mol. The van der Waals surface area contributed by atoms with Crippen LogP contribution < -0.4 is 0 Å². The first-order valence-electron chi connectivity index (χ1n) is 8.02. The van der Waals surface area contributed by atoms with Crippen LogP contribution in [0.4, 0.5) is 4.39 Å². The molecule has 4 rings (SSSR count). The van der Waals surface area contributed by atoms with Crippen molar-refractivity contribution in [3.63, 3.8) is 0 Å². The second-order valence-electron chi connectivity index (χ2n) is 6.05. The van der Waals surface area contributed by atoms with Gasteiger partial charge in [0.1, 0.15) is 11.9 Å². The number of hydrogen-bond acceptors (Lipinski definition) is 2. The van der Waals surface area contributed by atoms with Crippen LogP contribution in [0.3, 0.4) is 0 Å². The Balaban J connectivity index is 1.92. The number of benzene rings is 3. The molecule has 1 aromatic heterocycles. The Kier molecular flexibility index (Phi) is 3.95. The maximum atomic E-state index is 13.6. The number of hydrogen-bond donors (Lipinski definition) is 0. The summed E-state index contributed by atoms with van der Waals surface area (Å²) in [4.78, 5) is 0. The van der Waals surface area contributed by atoms with Crippen molar-refractivity contribution in [1.82, 2.24) is 9.78 Å². The normalized spacial score (nSPS) is 10.8. The van der Waals surface area contributed by atoms with E-state index in [1.807, 2.05) is 42.5 Å². The third-order valence-electron chi connectivity index (χ3n) is 4.33. The molecule has 1 heterocycles. The highest BCUT2D eigenvalue weighted by Gasteiger charge is 2.14. The van der Waals surface area contributed by atoms with Gasteiger partial charge in [-0.05, 0) is 66.1 Å². The van der Waals surface area contributed by atoms with Crippen LogP contribution in [0.2, 0.25) is 5.02 Å². The molecular weight excluding hydrogens is 349 g/mol. The van der Waals surface area contributed by atoms with Crippen LogP contribution in [0.25, 0.3) is 27.7 Å². The largest absolute Gasteiger partial charge is 0.232 e. The highest BCUT2D eigenvalue weighted by atomic mass is 35.5. The summed E-state index contributed by atoms with van der Waals surface area (Å²) >= 11 is 6.08. The van der Waals surface area contributed by atoms with Crippen LogP contribution in [0.1, 0.15) is 11.3 Å². The Labute approximate surface area is 154 Å². The summed E-state index contributed by atoms with van der Waals surface area (Å²) in [5.74, 6) is -0.269. The summed E-state index contributed by atoms with van der Waals surface area (Å²) < 4.78 is 15.2. The van der Waals surface area contributed by atoms with Gasteiger partial charge in [0.2, 0.25) is 0 Å². The lowest BCUT2D eigenvalue weighted by molar-refractivity contribution is 0.617. The molecule has 5 heteroatoms. The second-order valence-corrected chi connectivity index (χ2v) is 6.48. The first-order chi connectivity index (χ1) is 12.6. The average Bonchev–Trinajstić information content (AvgIpc) is 3.02. The van der Waals surface area contributed by atoms with Crippen molar-refractivity contribution in [1.29, 1.82) is 5.26 Å².